The first-order valence-electron chi connectivity index (χ1n) is 12.8. The van der Waals surface area contributed by atoms with Gasteiger partial charge in [0, 0.05) is 22.6 Å². The van der Waals surface area contributed by atoms with Gasteiger partial charge in [0.1, 0.15) is 12.6 Å². The largest absolute Gasteiger partial charge is 0.416 e. The van der Waals surface area contributed by atoms with Crippen LogP contribution in [-0.4, -0.2) is 43.8 Å². The minimum absolute atomic E-state index is 0.206. The van der Waals surface area contributed by atoms with E-state index in [1.807, 2.05) is 0 Å². The Morgan fingerprint density at radius 1 is 0.952 bits per heavy atom. The van der Waals surface area contributed by atoms with E-state index in [1.54, 1.807) is 32.9 Å². The van der Waals surface area contributed by atoms with Crippen LogP contribution in [0.15, 0.2) is 71.6 Å². The minimum Gasteiger partial charge on any atom is -0.352 e. The number of nitrogens with zero attached hydrogens (tertiary/aromatic N) is 2. The molecule has 0 aromatic heterocycles. The van der Waals surface area contributed by atoms with Crippen LogP contribution in [0.3, 0.4) is 0 Å². The number of benzene rings is 3. The molecule has 0 aliphatic carbocycles. The van der Waals surface area contributed by atoms with Gasteiger partial charge in [-0.3, -0.25) is 13.9 Å². The van der Waals surface area contributed by atoms with Gasteiger partial charge in [0.15, 0.2) is 0 Å². The predicted octanol–water partition coefficient (Wildman–Crippen LogP) is 6.46. The fraction of sp³-hybridized carbons (Fsp3) is 0.310. The van der Waals surface area contributed by atoms with E-state index in [1.165, 1.54) is 43.3 Å². The summed E-state index contributed by atoms with van der Waals surface area (Å²) in [6.07, 6.45) is -4.76. The molecule has 0 heterocycles. The van der Waals surface area contributed by atoms with Crippen molar-refractivity contribution in [2.45, 2.75) is 57.4 Å². The van der Waals surface area contributed by atoms with E-state index >= 15 is 0 Å². The number of halogens is 5. The van der Waals surface area contributed by atoms with Crippen molar-refractivity contribution in [2.24, 2.45) is 0 Å². The average molecular weight is 645 g/mol. The molecular weight excluding hydrogens is 614 g/mol. The molecule has 0 unspecified atom stereocenters. The Morgan fingerprint density at radius 3 is 2.17 bits per heavy atom. The fourth-order valence-corrected chi connectivity index (χ4v) is 5.90. The molecule has 1 atom stereocenters. The SMILES string of the molecule is Cc1ccc(S(=O)(=O)N(CC(=O)N(Cc2ccc(Cl)cc2Cl)[C@H](C)C(=O)NC(C)C)c2cccc(C(F)(F)F)c2)cc1. The zero-order chi connectivity index (χ0) is 31.4. The lowest BCUT2D eigenvalue weighted by Crippen LogP contribution is -2.52. The highest BCUT2D eigenvalue weighted by molar-refractivity contribution is 7.92. The van der Waals surface area contributed by atoms with Crippen LogP contribution in [0.4, 0.5) is 18.9 Å². The molecule has 7 nitrogen and oxygen atoms in total. The Labute approximate surface area is 253 Å². The number of anilines is 1. The maximum Gasteiger partial charge on any atom is 0.416 e. The summed E-state index contributed by atoms with van der Waals surface area (Å²) in [6.45, 7) is 5.56. The lowest BCUT2D eigenvalue weighted by molar-refractivity contribution is -0.139. The molecular formula is C29H30Cl2F3N3O4S. The maximum absolute atomic E-state index is 13.9. The summed E-state index contributed by atoms with van der Waals surface area (Å²) in [7, 11) is -4.54. The van der Waals surface area contributed by atoms with E-state index in [9.17, 15) is 31.2 Å². The molecule has 13 heteroatoms. The number of nitrogens with one attached hydrogen (secondary N) is 1. The van der Waals surface area contributed by atoms with E-state index in [0.29, 0.717) is 21.0 Å². The molecule has 3 aromatic rings. The predicted molar refractivity (Wildman–Crippen MR) is 157 cm³/mol. The number of hydrogen-bond donors (Lipinski definition) is 1. The van der Waals surface area contributed by atoms with Gasteiger partial charge in [-0.25, -0.2) is 8.42 Å². The van der Waals surface area contributed by atoms with Crippen molar-refractivity contribution in [3.8, 4) is 0 Å². The summed E-state index contributed by atoms with van der Waals surface area (Å²) in [4.78, 5) is 27.8. The third-order valence-corrected chi connectivity index (χ3v) is 8.68. The first kappa shape index (κ1) is 33.2. The summed E-state index contributed by atoms with van der Waals surface area (Å²) in [6, 6.07) is 12.6. The number of aryl methyl sites for hydroxylation is 1. The van der Waals surface area contributed by atoms with Crippen LogP contribution in [0.1, 0.15) is 37.5 Å². The van der Waals surface area contributed by atoms with E-state index in [4.69, 9.17) is 23.2 Å². The lowest BCUT2D eigenvalue weighted by Gasteiger charge is -2.32. The molecule has 0 spiro atoms. The second-order valence-corrected chi connectivity index (χ2v) is 12.7. The van der Waals surface area contributed by atoms with Crippen LogP contribution in [0, 0.1) is 6.92 Å². The van der Waals surface area contributed by atoms with E-state index in [2.05, 4.69) is 5.32 Å². The zero-order valence-electron chi connectivity index (χ0n) is 23.2. The minimum atomic E-state index is -4.76. The smallest absolute Gasteiger partial charge is 0.352 e. The normalized spacial score (nSPS) is 12.6. The fourth-order valence-electron chi connectivity index (χ4n) is 4.02. The van der Waals surface area contributed by atoms with Crippen LogP contribution >= 0.6 is 23.2 Å². The monoisotopic (exact) mass is 643 g/mol. The van der Waals surface area contributed by atoms with Crippen molar-refractivity contribution in [2.75, 3.05) is 10.8 Å². The van der Waals surface area contributed by atoms with Crippen molar-refractivity contribution in [1.29, 1.82) is 0 Å². The number of alkyl halides is 3. The third-order valence-electron chi connectivity index (χ3n) is 6.30. The Hall–Kier alpha value is -3.28. The molecule has 0 bridgehead atoms. The topological polar surface area (TPSA) is 86.8 Å². The number of rotatable bonds is 10. The van der Waals surface area contributed by atoms with E-state index in [0.717, 1.165) is 22.6 Å². The second kappa shape index (κ2) is 13.4. The molecule has 0 saturated carbocycles. The lowest BCUT2D eigenvalue weighted by atomic mass is 10.1. The van der Waals surface area contributed by atoms with E-state index in [-0.39, 0.29) is 28.2 Å². The molecule has 0 radical (unpaired) electrons. The first-order chi connectivity index (χ1) is 19.5. The number of carbonyl (C=O) groups is 2. The van der Waals surface area contributed by atoms with Crippen molar-refractivity contribution >= 4 is 50.7 Å². The van der Waals surface area contributed by atoms with Gasteiger partial charge in [-0.15, -0.1) is 0 Å². The van der Waals surface area contributed by atoms with Crippen molar-refractivity contribution in [3.63, 3.8) is 0 Å². The molecule has 3 rings (SSSR count). The van der Waals surface area contributed by atoms with Crippen LogP contribution in [0.5, 0.6) is 0 Å². The summed E-state index contributed by atoms with van der Waals surface area (Å²) in [5.41, 5.74) is -0.286. The van der Waals surface area contributed by atoms with E-state index < -0.39 is 46.2 Å². The summed E-state index contributed by atoms with van der Waals surface area (Å²) in [5.74, 6) is -1.36. The van der Waals surface area contributed by atoms with Crippen molar-refractivity contribution in [3.05, 3.63) is 93.5 Å². The van der Waals surface area contributed by atoms with Gasteiger partial charge in [-0.05, 0) is 75.7 Å². The molecule has 0 saturated heterocycles. The molecule has 3 aromatic carbocycles. The first-order valence-corrected chi connectivity index (χ1v) is 15.0. The highest BCUT2D eigenvalue weighted by Gasteiger charge is 2.35. The summed E-state index contributed by atoms with van der Waals surface area (Å²) >= 11 is 12.3. The molecule has 0 aliphatic heterocycles. The Bertz CT molecular complexity index is 1550. The maximum atomic E-state index is 13.9. The standard InChI is InChI=1S/C29H30Cl2F3N3O4S/c1-18(2)35-28(39)20(4)36(16-21-10-11-23(30)15-26(21)31)27(38)17-37(24-7-5-6-22(14-24)29(32,33)34)42(40,41)25-12-8-19(3)9-13-25/h5-15,18,20H,16-17H2,1-4H3,(H,35,39)/t20-/m1/s1. The van der Waals surface area contributed by atoms with Gasteiger partial charge in [0.25, 0.3) is 10.0 Å². The number of sulfonamides is 1. The van der Waals surface area contributed by atoms with Crippen molar-refractivity contribution in [1.82, 2.24) is 10.2 Å². The van der Waals surface area contributed by atoms with Crippen LogP contribution in [0.2, 0.25) is 10.0 Å². The zero-order valence-corrected chi connectivity index (χ0v) is 25.6. The second-order valence-electron chi connectivity index (χ2n) is 9.97. The Balaban J connectivity index is 2.11. The van der Waals surface area contributed by atoms with Gasteiger partial charge in [0.05, 0.1) is 16.1 Å². The molecule has 0 fully saturated rings. The number of amides is 2. The molecule has 1 N–H and O–H groups in total. The molecule has 226 valence electrons. The number of carbonyl (C=O) groups excluding carboxylic acids is 2. The van der Waals surface area contributed by atoms with Gasteiger partial charge in [0.2, 0.25) is 11.8 Å². The quantitative estimate of drug-likeness (QED) is 0.275. The van der Waals surface area contributed by atoms with Gasteiger partial charge in [-0.2, -0.15) is 13.2 Å². The summed E-state index contributed by atoms with van der Waals surface area (Å²) < 4.78 is 69.0. The average Bonchev–Trinajstić information content (AvgIpc) is 2.90. The summed E-state index contributed by atoms with van der Waals surface area (Å²) in [5, 5.41) is 3.26. The van der Waals surface area contributed by atoms with Crippen LogP contribution in [-0.2, 0) is 32.3 Å². The molecule has 2 amide bonds. The Morgan fingerprint density at radius 2 is 1.60 bits per heavy atom. The van der Waals surface area contributed by atoms with Crippen LogP contribution in [0.25, 0.3) is 0 Å². The van der Waals surface area contributed by atoms with Crippen LogP contribution < -0.4 is 9.62 Å². The number of hydrogen-bond acceptors (Lipinski definition) is 4. The highest BCUT2D eigenvalue weighted by Crippen LogP contribution is 2.33. The van der Waals surface area contributed by atoms with Gasteiger partial charge in [-0.1, -0.05) is 53.0 Å². The Kier molecular flexibility index (Phi) is 10.6. The highest BCUT2D eigenvalue weighted by atomic mass is 35.5. The molecule has 0 aliphatic rings. The molecule has 42 heavy (non-hydrogen) atoms. The van der Waals surface area contributed by atoms with Gasteiger partial charge >= 0.3 is 6.18 Å². The van der Waals surface area contributed by atoms with Crippen molar-refractivity contribution < 1.29 is 31.2 Å². The third kappa shape index (κ3) is 8.17. The van der Waals surface area contributed by atoms with Gasteiger partial charge < -0.3 is 10.2 Å².